The molecule has 1 aliphatic carbocycles. The highest BCUT2D eigenvalue weighted by molar-refractivity contribution is 5.97. The fourth-order valence-electron chi connectivity index (χ4n) is 2.36. The molecule has 0 aliphatic heterocycles. The van der Waals surface area contributed by atoms with Crippen LogP contribution in [0.5, 0.6) is 0 Å². The van der Waals surface area contributed by atoms with Gasteiger partial charge >= 0.3 is 0 Å². The minimum atomic E-state index is -0.684. The number of hydrogen-bond acceptors (Lipinski definition) is 6. The number of hydrogen-bond donors (Lipinski definition) is 3. The second kappa shape index (κ2) is 8.11. The molecule has 5 N–H and O–H groups in total. The summed E-state index contributed by atoms with van der Waals surface area (Å²) < 4.78 is 1.62. The van der Waals surface area contributed by atoms with Gasteiger partial charge in [0.1, 0.15) is 5.82 Å². The Kier molecular flexibility index (Phi) is 5.90. The SMILES string of the molecule is C1CCCCC1.Cn1ccc(Nc2cc(N)nnc2C(N)=O)n1. The van der Waals surface area contributed by atoms with Gasteiger partial charge in [-0.2, -0.15) is 5.10 Å². The van der Waals surface area contributed by atoms with E-state index in [9.17, 15) is 4.79 Å². The van der Waals surface area contributed by atoms with E-state index in [0.29, 0.717) is 11.5 Å². The lowest BCUT2D eigenvalue weighted by Crippen LogP contribution is -2.17. The number of aryl methyl sites for hydroxylation is 1. The highest BCUT2D eigenvalue weighted by atomic mass is 16.1. The Labute approximate surface area is 135 Å². The van der Waals surface area contributed by atoms with Crippen LogP contribution in [-0.2, 0) is 7.05 Å². The molecule has 1 amide bonds. The molecule has 0 aromatic carbocycles. The molecule has 0 bridgehead atoms. The van der Waals surface area contributed by atoms with E-state index in [1.807, 2.05) is 0 Å². The van der Waals surface area contributed by atoms with Crippen LogP contribution < -0.4 is 16.8 Å². The van der Waals surface area contributed by atoms with Crippen molar-refractivity contribution in [2.45, 2.75) is 38.5 Å². The van der Waals surface area contributed by atoms with E-state index in [2.05, 4.69) is 20.6 Å². The number of aromatic nitrogens is 4. The minimum Gasteiger partial charge on any atom is -0.382 e. The molecular formula is C15H23N7O. The van der Waals surface area contributed by atoms with Crippen molar-refractivity contribution in [3.05, 3.63) is 24.0 Å². The van der Waals surface area contributed by atoms with Crippen molar-refractivity contribution >= 4 is 23.2 Å². The van der Waals surface area contributed by atoms with E-state index < -0.39 is 5.91 Å². The minimum absolute atomic E-state index is 0.0184. The van der Waals surface area contributed by atoms with Crippen molar-refractivity contribution in [1.29, 1.82) is 0 Å². The van der Waals surface area contributed by atoms with Gasteiger partial charge in [-0.15, -0.1) is 10.2 Å². The standard InChI is InChI=1S/C9H11N7O.C6H12/c1-16-3-2-7(15-16)12-5-4-6(10)13-14-8(5)9(11)17;1-2-4-6-5-3-1/h2-4H,1H3,(H2,11,17)(H3,10,12,13,15);1-6H2. The van der Waals surface area contributed by atoms with Crippen molar-refractivity contribution < 1.29 is 4.79 Å². The predicted octanol–water partition coefficient (Wildman–Crippen LogP) is 1.98. The molecule has 2 aromatic rings. The molecule has 8 nitrogen and oxygen atoms in total. The third-order valence-corrected chi connectivity index (χ3v) is 3.52. The number of nitrogens with zero attached hydrogens (tertiary/aromatic N) is 4. The lowest BCUT2D eigenvalue weighted by atomic mass is 10.0. The third-order valence-electron chi connectivity index (χ3n) is 3.52. The normalized spacial score (nSPS) is 13.8. The summed E-state index contributed by atoms with van der Waals surface area (Å²) in [5.41, 5.74) is 11.1. The summed E-state index contributed by atoms with van der Waals surface area (Å²) in [5.74, 6) is 0.0618. The molecular weight excluding hydrogens is 294 g/mol. The topological polar surface area (TPSA) is 125 Å². The summed E-state index contributed by atoms with van der Waals surface area (Å²) in [6, 6.07) is 3.21. The predicted molar refractivity (Wildman–Crippen MR) is 89.2 cm³/mol. The first kappa shape index (κ1) is 16.7. The largest absolute Gasteiger partial charge is 0.382 e. The molecule has 124 valence electrons. The lowest BCUT2D eigenvalue weighted by Gasteiger charge is -2.06. The van der Waals surface area contributed by atoms with E-state index in [1.165, 1.54) is 44.6 Å². The number of primary amides is 1. The lowest BCUT2D eigenvalue weighted by molar-refractivity contribution is 0.0995. The summed E-state index contributed by atoms with van der Waals surface area (Å²) in [5, 5.41) is 14.2. The van der Waals surface area contributed by atoms with E-state index >= 15 is 0 Å². The van der Waals surface area contributed by atoms with Gasteiger partial charge in [0.2, 0.25) is 0 Å². The number of nitrogens with two attached hydrogens (primary N) is 2. The van der Waals surface area contributed by atoms with Crippen molar-refractivity contribution in [2.24, 2.45) is 12.8 Å². The Morgan fingerprint density at radius 1 is 1.17 bits per heavy atom. The number of amides is 1. The van der Waals surface area contributed by atoms with Crippen LogP contribution in [0.3, 0.4) is 0 Å². The van der Waals surface area contributed by atoms with Gasteiger partial charge in [-0.1, -0.05) is 38.5 Å². The third kappa shape index (κ3) is 5.24. The fraction of sp³-hybridized carbons (Fsp3) is 0.467. The van der Waals surface area contributed by atoms with Gasteiger partial charge < -0.3 is 16.8 Å². The molecule has 3 rings (SSSR count). The Balaban J connectivity index is 0.000000268. The summed E-state index contributed by atoms with van der Waals surface area (Å²) in [6.45, 7) is 0. The zero-order chi connectivity index (χ0) is 16.7. The van der Waals surface area contributed by atoms with E-state index in [-0.39, 0.29) is 11.5 Å². The maximum Gasteiger partial charge on any atom is 0.271 e. The average molecular weight is 317 g/mol. The van der Waals surface area contributed by atoms with Crippen molar-refractivity contribution in [2.75, 3.05) is 11.1 Å². The van der Waals surface area contributed by atoms with Crippen LogP contribution in [0.25, 0.3) is 0 Å². The van der Waals surface area contributed by atoms with Crippen LogP contribution in [0.15, 0.2) is 18.3 Å². The van der Waals surface area contributed by atoms with Crippen molar-refractivity contribution in [3.63, 3.8) is 0 Å². The number of carbonyl (C=O) groups excluding carboxylic acids is 1. The Morgan fingerprint density at radius 2 is 1.78 bits per heavy atom. The Morgan fingerprint density at radius 3 is 2.26 bits per heavy atom. The zero-order valence-electron chi connectivity index (χ0n) is 13.3. The first-order valence-electron chi connectivity index (χ1n) is 7.76. The van der Waals surface area contributed by atoms with Gasteiger partial charge in [0.05, 0.1) is 5.69 Å². The van der Waals surface area contributed by atoms with Gasteiger partial charge in [-0.3, -0.25) is 9.48 Å². The molecule has 1 saturated carbocycles. The number of carbonyl (C=O) groups is 1. The number of rotatable bonds is 3. The van der Waals surface area contributed by atoms with Crippen molar-refractivity contribution in [3.8, 4) is 0 Å². The zero-order valence-corrected chi connectivity index (χ0v) is 13.3. The molecule has 1 fully saturated rings. The molecule has 1 aliphatic rings. The molecule has 23 heavy (non-hydrogen) atoms. The smallest absolute Gasteiger partial charge is 0.271 e. The molecule has 0 saturated heterocycles. The van der Waals surface area contributed by atoms with Crippen LogP contribution in [0.4, 0.5) is 17.3 Å². The van der Waals surface area contributed by atoms with Crippen LogP contribution in [0, 0.1) is 0 Å². The van der Waals surface area contributed by atoms with Crippen molar-refractivity contribution in [1.82, 2.24) is 20.0 Å². The maximum atomic E-state index is 11.1. The van der Waals surface area contributed by atoms with Crippen LogP contribution >= 0.6 is 0 Å². The maximum absolute atomic E-state index is 11.1. The van der Waals surface area contributed by atoms with Gasteiger partial charge in [-0.05, 0) is 0 Å². The molecule has 2 aromatic heterocycles. The average Bonchev–Trinajstić information content (AvgIpc) is 2.94. The quantitative estimate of drug-likeness (QED) is 0.795. The first-order chi connectivity index (χ1) is 11.1. The molecule has 0 spiro atoms. The van der Waals surface area contributed by atoms with Gasteiger partial charge in [0.15, 0.2) is 11.5 Å². The fourth-order valence-corrected chi connectivity index (χ4v) is 2.36. The van der Waals surface area contributed by atoms with Crippen LogP contribution in [0.2, 0.25) is 0 Å². The van der Waals surface area contributed by atoms with Gasteiger partial charge in [0, 0.05) is 25.4 Å². The number of nitrogens with one attached hydrogen (secondary N) is 1. The molecule has 0 atom stereocenters. The van der Waals surface area contributed by atoms with Gasteiger partial charge in [-0.25, -0.2) is 0 Å². The van der Waals surface area contributed by atoms with E-state index in [1.54, 1.807) is 24.0 Å². The highest BCUT2D eigenvalue weighted by Crippen LogP contribution is 2.18. The number of nitrogen functional groups attached to an aromatic ring is 1. The van der Waals surface area contributed by atoms with E-state index in [4.69, 9.17) is 11.5 Å². The molecule has 8 heteroatoms. The monoisotopic (exact) mass is 317 g/mol. The van der Waals surface area contributed by atoms with Crippen LogP contribution in [-0.4, -0.2) is 25.9 Å². The van der Waals surface area contributed by atoms with Crippen LogP contribution in [0.1, 0.15) is 49.0 Å². The molecule has 0 unspecified atom stereocenters. The molecule has 2 heterocycles. The van der Waals surface area contributed by atoms with Gasteiger partial charge in [0.25, 0.3) is 5.91 Å². The summed E-state index contributed by atoms with van der Waals surface area (Å²) in [4.78, 5) is 11.1. The first-order valence-corrected chi connectivity index (χ1v) is 7.76. The summed E-state index contributed by atoms with van der Waals surface area (Å²) in [7, 11) is 1.78. The summed E-state index contributed by atoms with van der Waals surface area (Å²) >= 11 is 0. The Bertz CT molecular complexity index is 638. The van der Waals surface area contributed by atoms with E-state index in [0.717, 1.165) is 0 Å². The highest BCUT2D eigenvalue weighted by Gasteiger charge is 2.12. The second-order valence-electron chi connectivity index (χ2n) is 5.52. The summed E-state index contributed by atoms with van der Waals surface area (Å²) in [6.07, 6.45) is 10.8. The Hall–Kier alpha value is -2.64. The molecule has 0 radical (unpaired) electrons. The second-order valence-corrected chi connectivity index (χ2v) is 5.52. The number of anilines is 3.